The standard InChI is InChI=1S/C11H20N2OS/c1-8-5-10(7-15-8)12-9-3-4-11(14)13(2)6-9/h8-10,12H,3-7H2,1-2H3. The highest BCUT2D eigenvalue weighted by molar-refractivity contribution is 8.00. The van der Waals surface area contributed by atoms with Crippen LogP contribution in [0.2, 0.25) is 0 Å². The molecule has 0 aliphatic carbocycles. The van der Waals surface area contributed by atoms with E-state index in [0.29, 0.717) is 24.4 Å². The van der Waals surface area contributed by atoms with Crippen LogP contribution >= 0.6 is 11.8 Å². The van der Waals surface area contributed by atoms with Gasteiger partial charge in [-0.15, -0.1) is 0 Å². The van der Waals surface area contributed by atoms with Gasteiger partial charge < -0.3 is 10.2 Å². The molecule has 0 bridgehead atoms. The molecule has 1 amide bonds. The highest BCUT2D eigenvalue weighted by atomic mass is 32.2. The maximum Gasteiger partial charge on any atom is 0.222 e. The van der Waals surface area contributed by atoms with Crippen LogP contribution in [0.5, 0.6) is 0 Å². The van der Waals surface area contributed by atoms with Gasteiger partial charge in [0.05, 0.1) is 0 Å². The second-order valence-electron chi connectivity index (χ2n) is 4.75. The van der Waals surface area contributed by atoms with Crippen LogP contribution in [0.25, 0.3) is 0 Å². The number of carbonyl (C=O) groups excluding carboxylic acids is 1. The van der Waals surface area contributed by atoms with E-state index in [-0.39, 0.29) is 0 Å². The Bertz CT molecular complexity index is 247. The summed E-state index contributed by atoms with van der Waals surface area (Å²) in [7, 11) is 1.90. The molecule has 2 saturated heterocycles. The molecule has 0 aromatic carbocycles. The molecule has 3 atom stereocenters. The summed E-state index contributed by atoms with van der Waals surface area (Å²) in [5.41, 5.74) is 0. The third-order valence-electron chi connectivity index (χ3n) is 3.30. The average molecular weight is 228 g/mol. The van der Waals surface area contributed by atoms with Gasteiger partial charge in [0, 0.05) is 43.1 Å². The number of carbonyl (C=O) groups is 1. The van der Waals surface area contributed by atoms with Gasteiger partial charge in [0.1, 0.15) is 0 Å². The fraction of sp³-hybridized carbons (Fsp3) is 0.909. The molecular formula is C11H20N2OS. The number of hydrogen-bond donors (Lipinski definition) is 1. The Balaban J connectivity index is 1.78. The summed E-state index contributed by atoms with van der Waals surface area (Å²) in [6.07, 6.45) is 3.00. The second kappa shape index (κ2) is 4.74. The molecule has 2 aliphatic heterocycles. The lowest BCUT2D eigenvalue weighted by Crippen LogP contribution is -2.49. The third-order valence-corrected chi connectivity index (χ3v) is 4.65. The lowest BCUT2D eigenvalue weighted by molar-refractivity contribution is -0.132. The van der Waals surface area contributed by atoms with Gasteiger partial charge in [0.25, 0.3) is 0 Å². The van der Waals surface area contributed by atoms with Crippen LogP contribution in [0.1, 0.15) is 26.2 Å². The maximum atomic E-state index is 11.3. The zero-order valence-corrected chi connectivity index (χ0v) is 10.3. The number of hydrogen-bond acceptors (Lipinski definition) is 3. The van der Waals surface area contributed by atoms with Crippen LogP contribution in [0.4, 0.5) is 0 Å². The van der Waals surface area contributed by atoms with Gasteiger partial charge in [0.15, 0.2) is 0 Å². The van der Waals surface area contributed by atoms with Gasteiger partial charge >= 0.3 is 0 Å². The van der Waals surface area contributed by atoms with Crippen LogP contribution in [0.3, 0.4) is 0 Å². The number of piperidine rings is 1. The molecular weight excluding hydrogens is 208 g/mol. The van der Waals surface area contributed by atoms with Crippen LogP contribution in [-0.2, 0) is 4.79 Å². The third kappa shape index (κ3) is 2.88. The summed E-state index contributed by atoms with van der Waals surface area (Å²) in [6, 6.07) is 1.18. The fourth-order valence-corrected chi connectivity index (χ4v) is 3.58. The topological polar surface area (TPSA) is 32.3 Å². The quantitative estimate of drug-likeness (QED) is 0.768. The lowest BCUT2D eigenvalue weighted by atomic mass is 10.0. The first-order valence-electron chi connectivity index (χ1n) is 5.77. The minimum Gasteiger partial charge on any atom is -0.344 e. The monoisotopic (exact) mass is 228 g/mol. The van der Waals surface area contributed by atoms with Gasteiger partial charge in [-0.05, 0) is 12.8 Å². The number of nitrogens with one attached hydrogen (secondary N) is 1. The summed E-state index contributed by atoms with van der Waals surface area (Å²) in [6.45, 7) is 3.18. The van der Waals surface area contributed by atoms with Crippen LogP contribution < -0.4 is 5.32 Å². The molecule has 2 fully saturated rings. The molecule has 2 heterocycles. The normalized spacial score (nSPS) is 37.3. The zero-order chi connectivity index (χ0) is 10.8. The van der Waals surface area contributed by atoms with E-state index >= 15 is 0 Å². The summed E-state index contributed by atoms with van der Waals surface area (Å²) in [4.78, 5) is 13.2. The van der Waals surface area contributed by atoms with Crippen LogP contribution in [0.15, 0.2) is 0 Å². The molecule has 0 spiro atoms. The average Bonchev–Trinajstić information content (AvgIpc) is 2.58. The van der Waals surface area contributed by atoms with Crippen molar-refractivity contribution >= 4 is 17.7 Å². The number of nitrogens with zero attached hydrogens (tertiary/aromatic N) is 1. The first-order chi connectivity index (χ1) is 7.15. The Hall–Kier alpha value is -0.220. The van der Waals surface area contributed by atoms with Crippen molar-refractivity contribution in [3.63, 3.8) is 0 Å². The van der Waals surface area contributed by atoms with E-state index in [1.54, 1.807) is 0 Å². The molecule has 3 nitrogen and oxygen atoms in total. The number of rotatable bonds is 2. The Kier molecular flexibility index (Phi) is 3.57. The van der Waals surface area contributed by atoms with Gasteiger partial charge in [-0.3, -0.25) is 4.79 Å². The second-order valence-corrected chi connectivity index (χ2v) is 6.22. The zero-order valence-electron chi connectivity index (χ0n) is 9.53. The number of amides is 1. The summed E-state index contributed by atoms with van der Waals surface area (Å²) < 4.78 is 0. The number of thioether (sulfide) groups is 1. The molecule has 2 rings (SSSR count). The van der Waals surface area contributed by atoms with E-state index in [9.17, 15) is 4.79 Å². The summed E-state index contributed by atoms with van der Waals surface area (Å²) >= 11 is 2.05. The van der Waals surface area contributed by atoms with Crippen molar-refractivity contribution in [1.82, 2.24) is 10.2 Å². The maximum absolute atomic E-state index is 11.3. The van der Waals surface area contributed by atoms with E-state index in [1.165, 1.54) is 12.2 Å². The highest BCUT2D eigenvalue weighted by Gasteiger charge is 2.28. The van der Waals surface area contributed by atoms with Gasteiger partial charge in [-0.1, -0.05) is 6.92 Å². The molecule has 3 unspecified atom stereocenters. The Labute approximate surface area is 96.0 Å². The van der Waals surface area contributed by atoms with Gasteiger partial charge in [-0.2, -0.15) is 11.8 Å². The predicted octanol–water partition coefficient (Wildman–Crippen LogP) is 1.09. The van der Waals surface area contributed by atoms with Crippen LogP contribution in [0, 0.1) is 0 Å². The molecule has 2 aliphatic rings. The molecule has 0 radical (unpaired) electrons. The van der Waals surface area contributed by atoms with Crippen molar-refractivity contribution in [2.24, 2.45) is 0 Å². The first kappa shape index (κ1) is 11.3. The Morgan fingerprint density at radius 1 is 1.47 bits per heavy atom. The van der Waals surface area contributed by atoms with E-state index < -0.39 is 0 Å². The van der Waals surface area contributed by atoms with E-state index in [1.807, 2.05) is 11.9 Å². The van der Waals surface area contributed by atoms with E-state index in [0.717, 1.165) is 18.2 Å². The minimum atomic E-state index is 0.294. The predicted molar refractivity (Wildman–Crippen MR) is 64.1 cm³/mol. The van der Waals surface area contributed by atoms with E-state index in [2.05, 4.69) is 24.0 Å². The minimum absolute atomic E-state index is 0.294. The SMILES string of the molecule is CC1CC(NC2CCC(=O)N(C)C2)CS1. The summed E-state index contributed by atoms with van der Waals surface area (Å²) in [5, 5.41) is 4.48. The highest BCUT2D eigenvalue weighted by Crippen LogP contribution is 2.26. The Morgan fingerprint density at radius 3 is 2.87 bits per heavy atom. The fourth-order valence-electron chi connectivity index (χ4n) is 2.41. The van der Waals surface area contributed by atoms with Gasteiger partial charge in [-0.25, -0.2) is 0 Å². The summed E-state index contributed by atoms with van der Waals surface area (Å²) in [5.74, 6) is 1.53. The van der Waals surface area contributed by atoms with Crippen molar-refractivity contribution < 1.29 is 4.79 Å². The Morgan fingerprint density at radius 2 is 2.27 bits per heavy atom. The molecule has 86 valence electrons. The largest absolute Gasteiger partial charge is 0.344 e. The van der Waals surface area contributed by atoms with Gasteiger partial charge in [0.2, 0.25) is 5.91 Å². The first-order valence-corrected chi connectivity index (χ1v) is 6.81. The van der Waals surface area contributed by atoms with E-state index in [4.69, 9.17) is 0 Å². The molecule has 4 heteroatoms. The molecule has 15 heavy (non-hydrogen) atoms. The number of likely N-dealkylation sites (N-methyl/N-ethyl adjacent to an activating group) is 1. The lowest BCUT2D eigenvalue weighted by Gasteiger charge is -2.32. The number of likely N-dealkylation sites (tertiary alicyclic amines) is 1. The van der Waals surface area contributed by atoms with Crippen molar-refractivity contribution in [2.45, 2.75) is 43.5 Å². The van der Waals surface area contributed by atoms with Crippen molar-refractivity contribution in [2.75, 3.05) is 19.3 Å². The van der Waals surface area contributed by atoms with Crippen molar-refractivity contribution in [3.8, 4) is 0 Å². The van der Waals surface area contributed by atoms with Crippen LogP contribution in [-0.4, -0.2) is 47.5 Å². The molecule has 0 aromatic heterocycles. The van der Waals surface area contributed by atoms with Crippen molar-refractivity contribution in [3.05, 3.63) is 0 Å². The smallest absolute Gasteiger partial charge is 0.222 e. The van der Waals surface area contributed by atoms with Crippen molar-refractivity contribution in [1.29, 1.82) is 0 Å². The molecule has 0 saturated carbocycles. The molecule has 1 N–H and O–H groups in total. The molecule has 0 aromatic rings.